The number of nitroso groups, excluding NO2 is 1. The first-order valence-electron chi connectivity index (χ1n) is 11.6. The number of carbonyl (C=O) groups excluding carboxylic acids is 1. The van der Waals surface area contributed by atoms with Crippen molar-refractivity contribution in [3.8, 4) is 17.0 Å². The van der Waals surface area contributed by atoms with E-state index in [2.05, 4.69) is 33.1 Å². The van der Waals surface area contributed by atoms with Gasteiger partial charge in [0.15, 0.2) is 11.9 Å². The number of benzene rings is 3. The van der Waals surface area contributed by atoms with Gasteiger partial charge in [0.25, 0.3) is 0 Å². The number of nitrogens with one attached hydrogen (secondary N) is 1. The third kappa shape index (κ3) is 4.99. The Morgan fingerprint density at radius 3 is 2.56 bits per heavy atom. The maximum Gasteiger partial charge on any atom is 0.229 e. The molecule has 1 aliphatic rings. The van der Waals surface area contributed by atoms with Crippen molar-refractivity contribution in [3.05, 3.63) is 109 Å². The van der Waals surface area contributed by atoms with Gasteiger partial charge in [-0.1, -0.05) is 47.6 Å². The van der Waals surface area contributed by atoms with E-state index in [1.54, 1.807) is 7.11 Å². The van der Waals surface area contributed by atoms with Gasteiger partial charge < -0.3 is 10.1 Å². The van der Waals surface area contributed by atoms with Crippen LogP contribution in [0, 0.1) is 8.48 Å². The summed E-state index contributed by atoms with van der Waals surface area (Å²) in [5, 5.41) is 6.32. The summed E-state index contributed by atoms with van der Waals surface area (Å²) in [6.07, 6.45) is 1.62. The molecule has 3 aromatic carbocycles. The number of hydrogen-bond donors (Lipinski definition) is 1. The fraction of sp³-hybridized carbons (Fsp3) is 0.179. The molecule has 1 aliphatic carbocycles. The molecule has 1 heterocycles. The van der Waals surface area contributed by atoms with Crippen molar-refractivity contribution in [2.45, 2.75) is 25.3 Å². The van der Waals surface area contributed by atoms with Gasteiger partial charge in [0.05, 0.1) is 24.9 Å². The predicted octanol–water partition coefficient (Wildman–Crippen LogP) is 5.89. The summed E-state index contributed by atoms with van der Waals surface area (Å²) in [6, 6.07) is 21.9. The highest BCUT2D eigenvalue weighted by atomic mass is 127. The number of carbonyl (C=O) groups is 1. The monoisotopic (exact) mass is 590 g/mol. The zero-order valence-electron chi connectivity index (χ0n) is 19.6. The van der Waals surface area contributed by atoms with Crippen LogP contribution in [0.5, 0.6) is 5.75 Å². The Kier molecular flexibility index (Phi) is 7.04. The minimum absolute atomic E-state index is 0.183. The first-order valence-corrected chi connectivity index (χ1v) is 12.6. The molecule has 0 saturated heterocycles. The maximum absolute atomic E-state index is 13.0. The van der Waals surface area contributed by atoms with Crippen LogP contribution >= 0.6 is 22.6 Å². The number of methoxy groups -OCH3 is 1. The van der Waals surface area contributed by atoms with Gasteiger partial charge in [-0.3, -0.25) is 4.79 Å². The lowest BCUT2D eigenvalue weighted by molar-refractivity contribution is -0.115. The molecule has 1 aromatic heterocycles. The van der Waals surface area contributed by atoms with Crippen LogP contribution < -0.4 is 10.1 Å². The second kappa shape index (κ2) is 10.5. The maximum atomic E-state index is 13.0. The van der Waals surface area contributed by atoms with E-state index in [0.717, 1.165) is 38.1 Å². The lowest BCUT2D eigenvalue weighted by Crippen LogP contribution is -2.21. The lowest BCUT2D eigenvalue weighted by atomic mass is 9.91. The minimum atomic E-state index is -0.916. The number of halogens is 1. The highest BCUT2D eigenvalue weighted by Gasteiger charge is 2.28. The Morgan fingerprint density at radius 1 is 1.06 bits per heavy atom. The Balaban J connectivity index is 1.57. The molecule has 0 aliphatic heterocycles. The number of anilines is 1. The Morgan fingerprint density at radius 2 is 1.83 bits per heavy atom. The molecule has 8 heteroatoms. The Labute approximate surface area is 222 Å². The fourth-order valence-corrected chi connectivity index (χ4v) is 4.77. The zero-order valence-corrected chi connectivity index (χ0v) is 21.7. The molecule has 5 rings (SSSR count). The summed E-state index contributed by atoms with van der Waals surface area (Å²) >= 11 is 2.23. The van der Waals surface area contributed by atoms with Crippen LogP contribution in [0.15, 0.2) is 78.0 Å². The van der Waals surface area contributed by atoms with Crippen LogP contribution in [0.2, 0.25) is 0 Å². The van der Waals surface area contributed by atoms with Gasteiger partial charge in [0.1, 0.15) is 11.4 Å². The molecule has 0 bridgehead atoms. The van der Waals surface area contributed by atoms with E-state index in [1.807, 2.05) is 72.8 Å². The van der Waals surface area contributed by atoms with Crippen LogP contribution in [0.3, 0.4) is 0 Å². The van der Waals surface area contributed by atoms with E-state index in [0.29, 0.717) is 23.4 Å². The third-order valence-electron chi connectivity index (χ3n) is 6.21. The molecule has 0 radical (unpaired) electrons. The van der Waals surface area contributed by atoms with Gasteiger partial charge in [-0.15, -0.1) is 4.91 Å². The Hall–Kier alpha value is -3.66. The molecule has 180 valence electrons. The number of ether oxygens (including phenoxy) is 1. The molecule has 0 spiro atoms. The van der Waals surface area contributed by atoms with E-state index in [9.17, 15) is 9.70 Å². The molecule has 1 N–H and O–H groups in total. The predicted molar refractivity (Wildman–Crippen MR) is 147 cm³/mol. The van der Waals surface area contributed by atoms with Crippen LogP contribution in [0.1, 0.15) is 34.1 Å². The van der Waals surface area contributed by atoms with Crippen molar-refractivity contribution in [1.29, 1.82) is 0 Å². The van der Waals surface area contributed by atoms with Gasteiger partial charge in [-0.25, -0.2) is 9.97 Å². The normalized spacial score (nSPS) is 12.7. The van der Waals surface area contributed by atoms with Crippen LogP contribution in [0.4, 0.5) is 5.82 Å². The average Bonchev–Trinajstić information content (AvgIpc) is 2.91. The number of aryl methyl sites for hydroxylation is 2. The summed E-state index contributed by atoms with van der Waals surface area (Å²) in [5.41, 5.74) is 5.42. The first-order chi connectivity index (χ1) is 17.6. The second-order valence-electron chi connectivity index (χ2n) is 8.55. The molecular formula is C28H23IN4O3. The smallest absolute Gasteiger partial charge is 0.229 e. The number of amides is 1. The molecule has 1 amide bonds. The number of aromatic nitrogens is 2. The molecule has 1 atom stereocenters. The van der Waals surface area contributed by atoms with E-state index in [4.69, 9.17) is 14.7 Å². The van der Waals surface area contributed by atoms with E-state index in [1.165, 1.54) is 0 Å². The SMILES string of the molecule is COc1ccc2c(c1)CCc1nc(NC(=O)Cc3ccc(I)cc3)c(C(N=O)c3ccccc3)nc1-2. The van der Waals surface area contributed by atoms with Gasteiger partial charge in [-0.2, -0.15) is 0 Å². The molecule has 4 aromatic rings. The molecule has 0 fully saturated rings. The molecular weight excluding hydrogens is 567 g/mol. The van der Waals surface area contributed by atoms with Crippen LogP contribution in [0.25, 0.3) is 11.3 Å². The number of hydrogen-bond acceptors (Lipinski definition) is 6. The van der Waals surface area contributed by atoms with Crippen molar-refractivity contribution in [2.75, 3.05) is 12.4 Å². The van der Waals surface area contributed by atoms with E-state index in [-0.39, 0.29) is 18.1 Å². The summed E-state index contributed by atoms with van der Waals surface area (Å²) in [7, 11) is 1.64. The van der Waals surface area contributed by atoms with E-state index < -0.39 is 6.04 Å². The fourth-order valence-electron chi connectivity index (χ4n) is 4.41. The van der Waals surface area contributed by atoms with Gasteiger partial charge in [-0.05, 0) is 82.5 Å². The molecule has 1 unspecified atom stereocenters. The van der Waals surface area contributed by atoms with Crippen molar-refractivity contribution >= 4 is 34.3 Å². The quantitative estimate of drug-likeness (QED) is 0.214. The van der Waals surface area contributed by atoms with Gasteiger partial charge in [0, 0.05) is 9.13 Å². The first kappa shape index (κ1) is 24.1. The summed E-state index contributed by atoms with van der Waals surface area (Å²) in [6.45, 7) is 0. The highest BCUT2D eigenvalue weighted by Crippen LogP contribution is 2.37. The minimum Gasteiger partial charge on any atom is -0.497 e. The standard InChI is InChI=1S/C28H23IN4O3/c1-36-21-12-13-22-19(16-21)9-14-23-26(22)32-27(25(33-35)18-5-3-2-4-6-18)28(30-23)31-24(34)15-17-7-10-20(29)11-8-17/h2-8,10-13,16,25H,9,14-15H2,1H3,(H,30,31,34). The molecule has 7 nitrogen and oxygen atoms in total. The summed E-state index contributed by atoms with van der Waals surface area (Å²) in [5.74, 6) is 0.821. The van der Waals surface area contributed by atoms with Crippen LogP contribution in [-0.2, 0) is 24.1 Å². The Bertz CT molecular complexity index is 1430. The summed E-state index contributed by atoms with van der Waals surface area (Å²) < 4.78 is 6.48. The average molecular weight is 590 g/mol. The van der Waals surface area contributed by atoms with Crippen molar-refractivity contribution in [3.63, 3.8) is 0 Å². The number of rotatable bonds is 7. The molecule has 36 heavy (non-hydrogen) atoms. The number of fused-ring (bicyclic) bond motifs is 3. The van der Waals surface area contributed by atoms with Crippen molar-refractivity contribution < 1.29 is 9.53 Å². The van der Waals surface area contributed by atoms with Crippen LogP contribution in [-0.4, -0.2) is 23.0 Å². The third-order valence-corrected chi connectivity index (χ3v) is 6.93. The van der Waals surface area contributed by atoms with Crippen molar-refractivity contribution in [2.24, 2.45) is 5.18 Å². The van der Waals surface area contributed by atoms with Gasteiger partial charge >= 0.3 is 0 Å². The number of nitrogens with zero attached hydrogens (tertiary/aromatic N) is 3. The topological polar surface area (TPSA) is 93.5 Å². The van der Waals surface area contributed by atoms with E-state index >= 15 is 0 Å². The highest BCUT2D eigenvalue weighted by molar-refractivity contribution is 14.1. The van der Waals surface area contributed by atoms with Crippen molar-refractivity contribution in [1.82, 2.24) is 9.97 Å². The molecule has 0 saturated carbocycles. The second-order valence-corrected chi connectivity index (χ2v) is 9.79. The largest absolute Gasteiger partial charge is 0.497 e. The zero-order chi connectivity index (χ0) is 25.1. The summed E-state index contributed by atoms with van der Waals surface area (Å²) in [4.78, 5) is 34.9. The lowest BCUT2D eigenvalue weighted by Gasteiger charge is -2.22. The van der Waals surface area contributed by atoms with Gasteiger partial charge in [0.2, 0.25) is 5.91 Å².